The van der Waals surface area contributed by atoms with Crippen molar-refractivity contribution in [3.05, 3.63) is 248 Å². The fourth-order valence-electron chi connectivity index (χ4n) is 10.4. The van der Waals surface area contributed by atoms with Gasteiger partial charge in [0.05, 0.1) is 16.7 Å². The minimum Gasteiger partial charge on any atom is -0.510 e. The molecule has 3 heterocycles. The SMILES string of the molecule is CC(C)C(C)c1cc(-n2c3[c-]c(Oc4[c-]c(-n5[c-][n+](-c6c(-c7ccccc7)cccc6-c6ccccc6)c6ccccc65)ccc4)ccc3c3cc(-c4ccccc4)ccc32)ncc1-c1ccc(C(C)(C)C)cc1.[Pt]. The summed E-state index contributed by atoms with van der Waals surface area (Å²) >= 11 is 0. The number of rotatable bonds is 11. The van der Waals surface area contributed by atoms with Gasteiger partial charge in [0.1, 0.15) is 5.82 Å². The third-order valence-electron chi connectivity index (χ3n) is 14.7. The van der Waals surface area contributed by atoms with Crippen molar-refractivity contribution >= 4 is 32.8 Å². The van der Waals surface area contributed by atoms with E-state index in [-0.39, 0.29) is 32.4 Å². The van der Waals surface area contributed by atoms with Crippen LogP contribution in [-0.2, 0) is 26.5 Å². The first kappa shape index (κ1) is 49.1. The summed E-state index contributed by atoms with van der Waals surface area (Å²) in [6.07, 6.45) is 5.86. The van der Waals surface area contributed by atoms with Crippen LogP contribution in [0.1, 0.15) is 58.6 Å². The van der Waals surface area contributed by atoms with E-state index in [1.807, 2.05) is 18.2 Å². The number of aromatic nitrogens is 4. The molecule has 0 aliphatic heterocycles. The number of para-hydroxylation sites is 3. The number of pyridine rings is 1. The predicted octanol–water partition coefficient (Wildman–Crippen LogP) is 17.3. The van der Waals surface area contributed by atoms with Crippen LogP contribution in [0.3, 0.4) is 0 Å². The summed E-state index contributed by atoms with van der Waals surface area (Å²) in [5.41, 5.74) is 17.5. The number of hydrogen-bond donors (Lipinski definition) is 0. The molecule has 0 saturated heterocycles. The van der Waals surface area contributed by atoms with Crippen molar-refractivity contribution in [3.63, 3.8) is 0 Å². The van der Waals surface area contributed by atoms with Gasteiger partial charge in [0.2, 0.25) is 0 Å². The summed E-state index contributed by atoms with van der Waals surface area (Å²) in [5.74, 6) is 2.65. The van der Waals surface area contributed by atoms with Gasteiger partial charge in [-0.25, -0.2) is 4.98 Å². The van der Waals surface area contributed by atoms with Crippen molar-refractivity contribution in [1.29, 1.82) is 0 Å². The first-order valence-corrected chi connectivity index (χ1v) is 25.6. The molecule has 5 nitrogen and oxygen atoms in total. The monoisotopic (exact) mass is 1150 g/mol. The van der Waals surface area contributed by atoms with E-state index in [4.69, 9.17) is 9.72 Å². The minimum atomic E-state index is 0. The second-order valence-corrected chi connectivity index (χ2v) is 20.7. The number of benzene rings is 9. The van der Waals surface area contributed by atoms with Gasteiger partial charge in [0, 0.05) is 49.8 Å². The third-order valence-corrected chi connectivity index (χ3v) is 14.7. The average molecular weight is 1150 g/mol. The van der Waals surface area contributed by atoms with Gasteiger partial charge in [-0.05, 0) is 90.5 Å². The molecule has 0 bridgehead atoms. The molecule has 0 aliphatic rings. The Balaban J connectivity index is 0.00000602. The van der Waals surface area contributed by atoms with Gasteiger partial charge in [-0.1, -0.05) is 217 Å². The molecule has 0 N–H and O–H groups in total. The first-order chi connectivity index (χ1) is 36.1. The second-order valence-electron chi connectivity index (χ2n) is 20.7. The van der Waals surface area contributed by atoms with E-state index in [0.29, 0.717) is 17.4 Å². The van der Waals surface area contributed by atoms with Gasteiger partial charge in [0.15, 0.2) is 0 Å². The molecule has 0 saturated carbocycles. The molecule has 75 heavy (non-hydrogen) atoms. The predicted molar refractivity (Wildman–Crippen MR) is 304 cm³/mol. The quantitative estimate of drug-likeness (QED) is 0.0956. The zero-order valence-electron chi connectivity index (χ0n) is 43.0. The number of fused-ring (bicyclic) bond motifs is 4. The zero-order valence-corrected chi connectivity index (χ0v) is 45.2. The van der Waals surface area contributed by atoms with Crippen LogP contribution >= 0.6 is 0 Å². The molecule has 370 valence electrons. The average Bonchev–Trinajstić information content (AvgIpc) is 3.99. The van der Waals surface area contributed by atoms with Gasteiger partial charge in [-0.2, -0.15) is 18.2 Å². The number of hydrogen-bond acceptors (Lipinski definition) is 2. The van der Waals surface area contributed by atoms with Crippen LogP contribution in [0.4, 0.5) is 0 Å². The Morgan fingerprint density at radius 3 is 1.79 bits per heavy atom. The Bertz CT molecular complexity index is 3940. The Labute approximate surface area is 454 Å². The molecule has 0 fully saturated rings. The van der Waals surface area contributed by atoms with Crippen molar-refractivity contribution in [3.8, 4) is 73.2 Å². The maximum absolute atomic E-state index is 6.81. The summed E-state index contributed by atoms with van der Waals surface area (Å²) in [5, 5.41) is 2.18. The van der Waals surface area contributed by atoms with Gasteiger partial charge < -0.3 is 13.9 Å². The summed E-state index contributed by atoms with van der Waals surface area (Å²) in [7, 11) is 0. The molecule has 0 amide bonds. The first-order valence-electron chi connectivity index (χ1n) is 25.6. The maximum atomic E-state index is 6.81. The Morgan fingerprint density at radius 2 is 1.12 bits per heavy atom. The van der Waals surface area contributed by atoms with E-state index < -0.39 is 0 Å². The van der Waals surface area contributed by atoms with Crippen LogP contribution in [-0.4, -0.2) is 14.1 Å². The van der Waals surface area contributed by atoms with Crippen molar-refractivity contribution in [2.75, 3.05) is 0 Å². The molecule has 6 heteroatoms. The van der Waals surface area contributed by atoms with E-state index in [0.717, 1.165) is 89.0 Å². The smallest absolute Gasteiger partial charge is 0.268 e. The normalized spacial score (nSPS) is 12.1. The fraction of sp³-hybridized carbons (Fsp3) is 0.130. The van der Waals surface area contributed by atoms with Gasteiger partial charge in [-0.3, -0.25) is 4.57 Å². The molecule has 1 atom stereocenters. The molecule has 12 aromatic rings. The molecule has 0 radical (unpaired) electrons. The summed E-state index contributed by atoms with van der Waals surface area (Å²) < 4.78 is 13.3. The van der Waals surface area contributed by atoms with E-state index >= 15 is 0 Å². The largest absolute Gasteiger partial charge is 0.510 e. The minimum absolute atomic E-state index is 0. The van der Waals surface area contributed by atoms with Crippen LogP contribution in [0.15, 0.2) is 219 Å². The summed E-state index contributed by atoms with van der Waals surface area (Å²) in [6.45, 7) is 13.7. The van der Waals surface area contributed by atoms with Crippen LogP contribution in [0.25, 0.3) is 94.5 Å². The fourth-order valence-corrected chi connectivity index (χ4v) is 10.4. The van der Waals surface area contributed by atoms with Gasteiger partial charge in [-0.15, -0.1) is 29.7 Å². The molecular weight excluding hydrogens is 1100 g/mol. The molecule has 3 aromatic heterocycles. The zero-order chi connectivity index (χ0) is 50.5. The van der Waals surface area contributed by atoms with Crippen molar-refractivity contribution < 1.29 is 30.4 Å². The van der Waals surface area contributed by atoms with Crippen LogP contribution in [0.5, 0.6) is 11.5 Å². The van der Waals surface area contributed by atoms with Crippen LogP contribution in [0.2, 0.25) is 0 Å². The topological polar surface area (TPSA) is 35.9 Å². The standard InChI is InChI=1S/C69H56N4O.Pt/c1-46(2)47(3)60-43-67(70-44-62(60)51-32-35-53(36-33-51)69(4,5)6)73-63-39-34-52(48-20-10-7-11-21-48)40-61(63)59-38-37-56(42-66(59)73)74-55-27-18-26-54(41-55)71-45-72(65-31-17-16-30-64(65)71)68-57(49-22-12-8-13-23-49)28-19-29-58(68)50-24-14-9-15-25-50;/h7-40,43-44,46-47H,1-6H3;/q-2;. The second kappa shape index (κ2) is 20.3. The Hall–Kier alpha value is -8.11. The van der Waals surface area contributed by atoms with Crippen molar-refractivity contribution in [1.82, 2.24) is 14.1 Å². The molecule has 0 aliphatic carbocycles. The van der Waals surface area contributed by atoms with E-state index in [9.17, 15) is 0 Å². The Morgan fingerprint density at radius 1 is 0.520 bits per heavy atom. The molecule has 12 rings (SSSR count). The molecule has 1 unspecified atom stereocenters. The van der Waals surface area contributed by atoms with Crippen LogP contribution < -0.4 is 9.30 Å². The van der Waals surface area contributed by atoms with Crippen molar-refractivity contribution in [2.45, 2.75) is 52.9 Å². The third kappa shape index (κ3) is 9.32. The van der Waals surface area contributed by atoms with Crippen LogP contribution in [0, 0.1) is 24.4 Å². The number of nitrogens with zero attached hydrogens (tertiary/aromatic N) is 4. The molecular formula is C69H56N4OPt-2. The maximum Gasteiger partial charge on any atom is 0.268 e. The summed E-state index contributed by atoms with van der Waals surface area (Å²) in [4.78, 5) is 5.29. The Kier molecular flexibility index (Phi) is 13.3. The van der Waals surface area contributed by atoms with E-state index in [2.05, 4.69) is 274 Å². The van der Waals surface area contributed by atoms with E-state index in [1.165, 1.54) is 16.7 Å². The number of imidazole rings is 1. The molecule has 9 aromatic carbocycles. The molecule has 0 spiro atoms. The van der Waals surface area contributed by atoms with E-state index in [1.54, 1.807) is 0 Å². The summed E-state index contributed by atoms with van der Waals surface area (Å²) in [6, 6.07) is 82.4. The van der Waals surface area contributed by atoms with Crippen molar-refractivity contribution in [2.24, 2.45) is 5.92 Å². The van der Waals surface area contributed by atoms with Gasteiger partial charge >= 0.3 is 0 Å². The number of ether oxygens (including phenoxy) is 1. The van der Waals surface area contributed by atoms with Gasteiger partial charge in [0.25, 0.3) is 6.33 Å².